The van der Waals surface area contributed by atoms with Crippen LogP contribution in [0.4, 0.5) is 0 Å². The van der Waals surface area contributed by atoms with Crippen molar-refractivity contribution in [3.05, 3.63) is 46.5 Å². The van der Waals surface area contributed by atoms with Crippen LogP contribution in [-0.2, 0) is 0 Å². The van der Waals surface area contributed by atoms with E-state index in [1.807, 2.05) is 12.1 Å². The van der Waals surface area contributed by atoms with Crippen LogP contribution in [0.2, 0.25) is 5.02 Å². The second-order valence-corrected chi connectivity index (χ2v) is 6.41. The molecule has 0 radical (unpaired) electrons. The van der Waals surface area contributed by atoms with Gasteiger partial charge in [-0.05, 0) is 62.8 Å². The summed E-state index contributed by atoms with van der Waals surface area (Å²) in [5, 5.41) is 4.46. The molecule has 19 heavy (non-hydrogen) atoms. The molecule has 1 aliphatic rings. The third-order valence-electron chi connectivity index (χ3n) is 3.97. The van der Waals surface area contributed by atoms with Crippen molar-refractivity contribution < 1.29 is 0 Å². The second-order valence-electron chi connectivity index (χ2n) is 5.98. The van der Waals surface area contributed by atoms with E-state index in [0.717, 1.165) is 23.4 Å². The first kappa shape index (κ1) is 14.6. The Morgan fingerprint density at radius 2 is 2.00 bits per heavy atom. The SMILES string of the molecule is CC1=CC(C)CC(CNC(C)c2ccc(Cl)cc2)C1. The lowest BCUT2D eigenvalue weighted by Gasteiger charge is -2.27. The van der Waals surface area contributed by atoms with Gasteiger partial charge in [0.05, 0.1) is 0 Å². The lowest BCUT2D eigenvalue weighted by atomic mass is 9.83. The molecule has 0 spiro atoms. The largest absolute Gasteiger partial charge is 0.310 e. The van der Waals surface area contributed by atoms with Crippen molar-refractivity contribution in [2.24, 2.45) is 11.8 Å². The molecule has 0 aliphatic heterocycles. The minimum atomic E-state index is 0.388. The molecule has 104 valence electrons. The van der Waals surface area contributed by atoms with E-state index in [9.17, 15) is 0 Å². The van der Waals surface area contributed by atoms with E-state index in [1.54, 1.807) is 5.57 Å². The minimum absolute atomic E-state index is 0.388. The van der Waals surface area contributed by atoms with Crippen LogP contribution in [-0.4, -0.2) is 6.54 Å². The minimum Gasteiger partial charge on any atom is -0.310 e. The van der Waals surface area contributed by atoms with Gasteiger partial charge in [0.1, 0.15) is 0 Å². The maximum absolute atomic E-state index is 5.92. The molecule has 0 aromatic heterocycles. The van der Waals surface area contributed by atoms with Gasteiger partial charge in [-0.1, -0.05) is 42.3 Å². The monoisotopic (exact) mass is 277 g/mol. The van der Waals surface area contributed by atoms with Gasteiger partial charge < -0.3 is 5.32 Å². The summed E-state index contributed by atoms with van der Waals surface area (Å²) in [6.07, 6.45) is 4.96. The van der Waals surface area contributed by atoms with Crippen LogP contribution >= 0.6 is 11.6 Å². The molecule has 0 bridgehead atoms. The molecule has 2 heteroatoms. The zero-order chi connectivity index (χ0) is 13.8. The van der Waals surface area contributed by atoms with E-state index in [0.29, 0.717) is 6.04 Å². The van der Waals surface area contributed by atoms with Crippen LogP contribution in [0.15, 0.2) is 35.9 Å². The smallest absolute Gasteiger partial charge is 0.0406 e. The van der Waals surface area contributed by atoms with Gasteiger partial charge in [0.25, 0.3) is 0 Å². The van der Waals surface area contributed by atoms with Crippen LogP contribution in [0.5, 0.6) is 0 Å². The lowest BCUT2D eigenvalue weighted by molar-refractivity contribution is 0.367. The van der Waals surface area contributed by atoms with Crippen molar-refractivity contribution in [3.63, 3.8) is 0 Å². The molecular weight excluding hydrogens is 254 g/mol. The van der Waals surface area contributed by atoms with Crippen molar-refractivity contribution >= 4 is 11.6 Å². The predicted octanol–water partition coefficient (Wildman–Crippen LogP) is 4.98. The van der Waals surface area contributed by atoms with E-state index in [2.05, 4.69) is 44.3 Å². The first-order valence-electron chi connectivity index (χ1n) is 7.20. The number of hydrogen-bond donors (Lipinski definition) is 1. The number of halogens is 1. The molecule has 0 amide bonds. The highest BCUT2D eigenvalue weighted by Crippen LogP contribution is 2.27. The Balaban J connectivity index is 1.85. The van der Waals surface area contributed by atoms with E-state index in [4.69, 9.17) is 11.6 Å². The van der Waals surface area contributed by atoms with Gasteiger partial charge in [-0.2, -0.15) is 0 Å². The van der Waals surface area contributed by atoms with Gasteiger partial charge >= 0.3 is 0 Å². The number of allylic oxidation sites excluding steroid dienone is 2. The molecule has 0 saturated carbocycles. The summed E-state index contributed by atoms with van der Waals surface area (Å²) in [7, 11) is 0. The predicted molar refractivity (Wildman–Crippen MR) is 83.5 cm³/mol. The fourth-order valence-corrected chi connectivity index (χ4v) is 3.18. The average Bonchev–Trinajstić information content (AvgIpc) is 2.36. The normalized spacial score (nSPS) is 24.9. The topological polar surface area (TPSA) is 12.0 Å². The molecule has 1 N–H and O–H groups in total. The van der Waals surface area contributed by atoms with Gasteiger partial charge in [-0.25, -0.2) is 0 Å². The van der Waals surface area contributed by atoms with Crippen LogP contribution in [0.1, 0.15) is 45.2 Å². The Bertz CT molecular complexity index is 435. The van der Waals surface area contributed by atoms with Gasteiger partial charge in [-0.15, -0.1) is 0 Å². The first-order valence-corrected chi connectivity index (χ1v) is 7.58. The Labute approximate surface area is 122 Å². The van der Waals surface area contributed by atoms with E-state index in [-0.39, 0.29) is 0 Å². The fourth-order valence-electron chi connectivity index (χ4n) is 3.05. The van der Waals surface area contributed by atoms with E-state index in [1.165, 1.54) is 18.4 Å². The summed E-state index contributed by atoms with van der Waals surface area (Å²) in [4.78, 5) is 0. The van der Waals surface area contributed by atoms with Crippen LogP contribution < -0.4 is 5.32 Å². The third kappa shape index (κ3) is 4.36. The van der Waals surface area contributed by atoms with Gasteiger partial charge in [-0.3, -0.25) is 0 Å². The van der Waals surface area contributed by atoms with Gasteiger partial charge in [0, 0.05) is 11.1 Å². The standard InChI is InChI=1S/C17H24ClN/c1-12-8-13(2)10-15(9-12)11-19-14(3)16-4-6-17(18)7-5-16/h4-8,12,14-15,19H,9-11H2,1-3H3. The Hall–Kier alpha value is -0.790. The van der Waals surface area contributed by atoms with E-state index < -0.39 is 0 Å². The Kier molecular flexibility index (Phi) is 5.06. The molecule has 2 rings (SSSR count). The van der Waals surface area contributed by atoms with Crippen molar-refractivity contribution in [2.75, 3.05) is 6.54 Å². The molecule has 0 saturated heterocycles. The molecule has 1 nitrogen and oxygen atoms in total. The first-order chi connectivity index (χ1) is 9.04. The van der Waals surface area contributed by atoms with Crippen LogP contribution in [0.25, 0.3) is 0 Å². The molecule has 0 fully saturated rings. The number of rotatable bonds is 4. The zero-order valence-corrected chi connectivity index (χ0v) is 12.9. The fraction of sp³-hybridized carbons (Fsp3) is 0.529. The summed E-state index contributed by atoms with van der Waals surface area (Å²) in [6.45, 7) is 7.89. The third-order valence-corrected chi connectivity index (χ3v) is 4.22. The Morgan fingerprint density at radius 1 is 1.32 bits per heavy atom. The number of hydrogen-bond acceptors (Lipinski definition) is 1. The molecule has 0 heterocycles. The average molecular weight is 278 g/mol. The summed E-state index contributed by atoms with van der Waals surface area (Å²) < 4.78 is 0. The number of nitrogens with one attached hydrogen (secondary N) is 1. The summed E-state index contributed by atoms with van der Waals surface area (Å²) in [5.74, 6) is 1.50. The highest BCUT2D eigenvalue weighted by molar-refractivity contribution is 6.30. The van der Waals surface area contributed by atoms with Crippen molar-refractivity contribution in [1.82, 2.24) is 5.32 Å². The van der Waals surface area contributed by atoms with Gasteiger partial charge in [0.15, 0.2) is 0 Å². The quantitative estimate of drug-likeness (QED) is 0.765. The van der Waals surface area contributed by atoms with Crippen LogP contribution in [0.3, 0.4) is 0 Å². The molecule has 1 aliphatic carbocycles. The molecule has 1 aromatic carbocycles. The number of benzene rings is 1. The van der Waals surface area contributed by atoms with Crippen molar-refractivity contribution in [2.45, 2.75) is 39.7 Å². The lowest BCUT2D eigenvalue weighted by Crippen LogP contribution is -2.28. The molecule has 1 aromatic rings. The summed E-state index contributed by atoms with van der Waals surface area (Å²) >= 11 is 5.92. The molecular formula is C17H24ClN. The molecule has 3 unspecified atom stereocenters. The highest BCUT2D eigenvalue weighted by Gasteiger charge is 2.18. The highest BCUT2D eigenvalue weighted by atomic mass is 35.5. The Morgan fingerprint density at radius 3 is 2.63 bits per heavy atom. The van der Waals surface area contributed by atoms with Gasteiger partial charge in [0.2, 0.25) is 0 Å². The van der Waals surface area contributed by atoms with E-state index >= 15 is 0 Å². The maximum Gasteiger partial charge on any atom is 0.0406 e. The van der Waals surface area contributed by atoms with Crippen LogP contribution in [0, 0.1) is 11.8 Å². The molecule has 3 atom stereocenters. The zero-order valence-electron chi connectivity index (χ0n) is 12.1. The maximum atomic E-state index is 5.92. The van der Waals surface area contributed by atoms with Crippen molar-refractivity contribution in [3.8, 4) is 0 Å². The summed E-state index contributed by atoms with van der Waals surface area (Å²) in [5.41, 5.74) is 2.85. The second kappa shape index (κ2) is 6.58. The summed E-state index contributed by atoms with van der Waals surface area (Å²) in [6, 6.07) is 8.53. The van der Waals surface area contributed by atoms with Crippen molar-refractivity contribution in [1.29, 1.82) is 0 Å².